The van der Waals surface area contributed by atoms with E-state index in [1.165, 1.54) is 77.0 Å². The monoisotopic (exact) mass is 359 g/mol. The molecule has 2 aliphatic carbocycles. The average molecular weight is 360 g/mol. The first-order chi connectivity index (χ1) is 12.8. The Morgan fingerprint density at radius 2 is 1.15 bits per heavy atom. The van der Waals surface area contributed by atoms with Crippen LogP contribution in [0.15, 0.2) is 11.8 Å². The topological polar surface area (TPSA) is 64.9 Å². The molecule has 26 heavy (non-hydrogen) atoms. The fourth-order valence-corrected chi connectivity index (χ4v) is 4.19. The molecule has 1 amide bonds. The fraction of sp³-hybridized carbons (Fsp3) is 0.818. The van der Waals surface area contributed by atoms with E-state index in [9.17, 15) is 10.1 Å². The SMILES string of the molecule is N#C/C(=C/NC1CCCCCCCCCCC1)C(=O)NC1CCCCC1. The normalized spacial score (nSPS) is 22.5. The van der Waals surface area contributed by atoms with Gasteiger partial charge in [-0.25, -0.2) is 0 Å². The number of carbonyl (C=O) groups is 1. The van der Waals surface area contributed by atoms with Crippen LogP contribution >= 0.6 is 0 Å². The Hall–Kier alpha value is -1.50. The molecule has 2 N–H and O–H groups in total. The lowest BCUT2D eigenvalue weighted by molar-refractivity contribution is -0.118. The molecule has 0 bridgehead atoms. The first-order valence-corrected chi connectivity index (χ1v) is 11.0. The molecule has 0 spiro atoms. The minimum atomic E-state index is -0.208. The molecule has 0 aliphatic heterocycles. The largest absolute Gasteiger partial charge is 0.387 e. The summed E-state index contributed by atoms with van der Waals surface area (Å²) in [5.41, 5.74) is 0.224. The zero-order chi connectivity index (χ0) is 18.5. The van der Waals surface area contributed by atoms with Crippen molar-refractivity contribution in [3.8, 4) is 6.07 Å². The molecule has 146 valence electrons. The molecule has 0 unspecified atom stereocenters. The third-order valence-corrected chi connectivity index (χ3v) is 5.87. The van der Waals surface area contributed by atoms with Crippen molar-refractivity contribution in [3.05, 3.63) is 11.8 Å². The summed E-state index contributed by atoms with van der Waals surface area (Å²) in [7, 11) is 0. The molecule has 0 aromatic heterocycles. The maximum Gasteiger partial charge on any atom is 0.263 e. The smallest absolute Gasteiger partial charge is 0.263 e. The second-order valence-corrected chi connectivity index (χ2v) is 8.10. The molecule has 0 heterocycles. The van der Waals surface area contributed by atoms with Crippen molar-refractivity contribution >= 4 is 5.91 Å². The van der Waals surface area contributed by atoms with E-state index in [0.717, 1.165) is 25.7 Å². The number of hydrogen-bond acceptors (Lipinski definition) is 3. The first kappa shape index (κ1) is 20.8. The van der Waals surface area contributed by atoms with Gasteiger partial charge in [-0.05, 0) is 25.7 Å². The summed E-state index contributed by atoms with van der Waals surface area (Å²) >= 11 is 0. The van der Waals surface area contributed by atoms with E-state index in [-0.39, 0.29) is 17.5 Å². The van der Waals surface area contributed by atoms with Crippen molar-refractivity contribution in [3.63, 3.8) is 0 Å². The van der Waals surface area contributed by atoms with Gasteiger partial charge in [0.15, 0.2) is 0 Å². The number of amides is 1. The maximum atomic E-state index is 12.4. The summed E-state index contributed by atoms with van der Waals surface area (Å²) in [6, 6.07) is 2.72. The number of nitriles is 1. The minimum absolute atomic E-state index is 0.208. The third kappa shape index (κ3) is 8.25. The Morgan fingerprint density at radius 1 is 0.731 bits per heavy atom. The summed E-state index contributed by atoms with van der Waals surface area (Å²) in [6.45, 7) is 0. The molecular weight excluding hydrogens is 322 g/mol. The number of nitrogens with zero attached hydrogens (tertiary/aromatic N) is 1. The van der Waals surface area contributed by atoms with Crippen LogP contribution in [0.3, 0.4) is 0 Å². The van der Waals surface area contributed by atoms with E-state index in [1.54, 1.807) is 6.20 Å². The van der Waals surface area contributed by atoms with Crippen LogP contribution < -0.4 is 10.6 Å². The van der Waals surface area contributed by atoms with Gasteiger partial charge in [0.2, 0.25) is 0 Å². The van der Waals surface area contributed by atoms with Gasteiger partial charge in [0.1, 0.15) is 11.6 Å². The van der Waals surface area contributed by atoms with Gasteiger partial charge in [-0.2, -0.15) is 5.26 Å². The molecule has 0 atom stereocenters. The summed E-state index contributed by atoms with van der Waals surface area (Å²) in [4.78, 5) is 12.4. The number of carbonyl (C=O) groups excluding carboxylic acids is 1. The van der Waals surface area contributed by atoms with Crippen LogP contribution in [-0.2, 0) is 4.79 Å². The molecule has 2 saturated carbocycles. The second kappa shape index (κ2) is 12.8. The fourth-order valence-electron chi connectivity index (χ4n) is 4.19. The van der Waals surface area contributed by atoms with Crippen molar-refractivity contribution in [2.75, 3.05) is 0 Å². The molecule has 2 aliphatic rings. The van der Waals surface area contributed by atoms with E-state index in [4.69, 9.17) is 0 Å². The molecule has 4 heteroatoms. The molecule has 0 aromatic rings. The van der Waals surface area contributed by atoms with Crippen molar-refractivity contribution in [1.29, 1.82) is 5.26 Å². The Kier molecular flexibility index (Phi) is 10.2. The van der Waals surface area contributed by atoms with Crippen molar-refractivity contribution in [1.82, 2.24) is 10.6 Å². The van der Waals surface area contributed by atoms with Crippen molar-refractivity contribution in [2.45, 2.75) is 115 Å². The van der Waals surface area contributed by atoms with E-state index in [2.05, 4.69) is 16.7 Å². The average Bonchev–Trinajstić information content (AvgIpc) is 2.64. The van der Waals surface area contributed by atoms with Gasteiger partial charge in [0.05, 0.1) is 0 Å². The van der Waals surface area contributed by atoms with Gasteiger partial charge in [0.25, 0.3) is 5.91 Å². The van der Waals surface area contributed by atoms with E-state index in [1.807, 2.05) is 0 Å². The highest BCUT2D eigenvalue weighted by molar-refractivity contribution is 5.97. The van der Waals surface area contributed by atoms with Gasteiger partial charge < -0.3 is 10.6 Å². The number of hydrogen-bond donors (Lipinski definition) is 2. The van der Waals surface area contributed by atoms with Gasteiger partial charge in [-0.15, -0.1) is 0 Å². The van der Waals surface area contributed by atoms with Crippen molar-refractivity contribution in [2.24, 2.45) is 0 Å². The van der Waals surface area contributed by atoms with Crippen LogP contribution in [0.4, 0.5) is 0 Å². The minimum Gasteiger partial charge on any atom is -0.387 e. The standard InChI is InChI=1S/C22H37N3O/c23-17-19(22(26)25-21-15-11-8-12-16-21)18-24-20-13-9-6-4-2-1-3-5-7-10-14-20/h18,20-21,24H,1-16H2,(H,25,26)/b19-18-. The third-order valence-electron chi connectivity index (χ3n) is 5.87. The first-order valence-electron chi connectivity index (χ1n) is 11.0. The Bertz CT molecular complexity index is 462. The number of nitrogens with one attached hydrogen (secondary N) is 2. The summed E-state index contributed by atoms with van der Waals surface area (Å²) in [5.74, 6) is -0.208. The lowest BCUT2D eigenvalue weighted by Gasteiger charge is -2.23. The highest BCUT2D eigenvalue weighted by Crippen LogP contribution is 2.18. The quantitative estimate of drug-likeness (QED) is 0.542. The highest BCUT2D eigenvalue weighted by atomic mass is 16.1. The second-order valence-electron chi connectivity index (χ2n) is 8.10. The number of rotatable bonds is 4. The predicted molar refractivity (Wildman–Crippen MR) is 106 cm³/mol. The Balaban J connectivity index is 1.83. The zero-order valence-corrected chi connectivity index (χ0v) is 16.4. The molecular formula is C22H37N3O. The summed E-state index contributed by atoms with van der Waals surface area (Å²) in [6.07, 6.45) is 21.6. The van der Waals surface area contributed by atoms with Crippen LogP contribution in [0, 0.1) is 11.3 Å². The molecule has 0 saturated heterocycles. The Morgan fingerprint density at radius 3 is 1.65 bits per heavy atom. The van der Waals surface area contributed by atoms with Gasteiger partial charge in [0, 0.05) is 18.3 Å². The zero-order valence-electron chi connectivity index (χ0n) is 16.4. The predicted octanol–water partition coefficient (Wildman–Crippen LogP) is 5.11. The summed E-state index contributed by atoms with van der Waals surface area (Å²) in [5, 5.41) is 15.8. The molecule has 0 radical (unpaired) electrons. The van der Waals surface area contributed by atoms with Crippen molar-refractivity contribution < 1.29 is 4.79 Å². The van der Waals surface area contributed by atoms with Crippen LogP contribution in [0.5, 0.6) is 0 Å². The van der Waals surface area contributed by atoms with Gasteiger partial charge in [-0.3, -0.25) is 4.79 Å². The van der Waals surface area contributed by atoms with Gasteiger partial charge in [-0.1, -0.05) is 77.0 Å². The molecule has 0 aromatic carbocycles. The molecule has 2 fully saturated rings. The van der Waals surface area contributed by atoms with Crippen LogP contribution in [0.25, 0.3) is 0 Å². The van der Waals surface area contributed by atoms with Crippen LogP contribution in [0.2, 0.25) is 0 Å². The van der Waals surface area contributed by atoms with Crippen LogP contribution in [0.1, 0.15) is 103 Å². The lowest BCUT2D eigenvalue weighted by atomic mass is 9.95. The summed E-state index contributed by atoms with van der Waals surface area (Å²) < 4.78 is 0. The van der Waals surface area contributed by atoms with E-state index >= 15 is 0 Å². The van der Waals surface area contributed by atoms with E-state index in [0.29, 0.717) is 6.04 Å². The molecule has 2 rings (SSSR count). The highest BCUT2D eigenvalue weighted by Gasteiger charge is 2.18. The molecule has 4 nitrogen and oxygen atoms in total. The maximum absolute atomic E-state index is 12.4. The van der Waals surface area contributed by atoms with E-state index < -0.39 is 0 Å². The van der Waals surface area contributed by atoms with Gasteiger partial charge >= 0.3 is 0 Å². The lowest BCUT2D eigenvalue weighted by Crippen LogP contribution is -2.37. The van der Waals surface area contributed by atoms with Crippen LogP contribution in [-0.4, -0.2) is 18.0 Å². The Labute approximate surface area is 159 Å².